The van der Waals surface area contributed by atoms with Gasteiger partial charge < -0.3 is 35.7 Å². The summed E-state index contributed by atoms with van der Waals surface area (Å²) >= 11 is 0. The first-order chi connectivity index (χ1) is 12.8. The van der Waals surface area contributed by atoms with Crippen LogP contribution in [0.3, 0.4) is 0 Å². The number of amides is 1. The minimum absolute atomic E-state index is 0.0664. The molecule has 1 fully saturated rings. The topological polar surface area (TPSA) is 144 Å². The van der Waals surface area contributed by atoms with Crippen LogP contribution in [0.15, 0.2) is 24.3 Å². The van der Waals surface area contributed by atoms with E-state index in [4.69, 9.17) is 0 Å². The Hall–Kier alpha value is -2.46. The largest absolute Gasteiger partial charge is 0.465 e. The monoisotopic (exact) mass is 377 g/mol. The lowest BCUT2D eigenvalue weighted by Crippen LogP contribution is -2.66. The molecule has 27 heavy (non-hydrogen) atoms. The number of esters is 1. The predicted molar refractivity (Wildman–Crippen MR) is 96.4 cm³/mol. The van der Waals surface area contributed by atoms with Crippen molar-refractivity contribution < 1.29 is 29.6 Å². The summed E-state index contributed by atoms with van der Waals surface area (Å²) in [6.07, 6.45) is -3.57. The summed E-state index contributed by atoms with van der Waals surface area (Å²) < 4.78 is 4.68. The number of aliphatic hydroxyl groups excluding tert-OH is 3. The van der Waals surface area contributed by atoms with Gasteiger partial charge in [0, 0.05) is 23.5 Å². The van der Waals surface area contributed by atoms with Gasteiger partial charge in [-0.25, -0.2) is 4.79 Å². The van der Waals surface area contributed by atoms with E-state index in [9.17, 15) is 24.9 Å². The molecule has 1 aromatic heterocycles. The van der Waals surface area contributed by atoms with Crippen molar-refractivity contribution in [1.82, 2.24) is 15.6 Å². The summed E-state index contributed by atoms with van der Waals surface area (Å²) in [6, 6.07) is 5.50. The van der Waals surface area contributed by atoms with Crippen molar-refractivity contribution in [2.24, 2.45) is 0 Å². The molecule has 6 N–H and O–H groups in total. The zero-order valence-electron chi connectivity index (χ0n) is 15.0. The third-order valence-corrected chi connectivity index (χ3v) is 4.87. The fourth-order valence-electron chi connectivity index (χ4n) is 3.25. The fourth-order valence-corrected chi connectivity index (χ4v) is 3.25. The van der Waals surface area contributed by atoms with Gasteiger partial charge >= 0.3 is 5.97 Å². The van der Waals surface area contributed by atoms with E-state index >= 15 is 0 Å². The highest BCUT2D eigenvalue weighted by Gasteiger charge is 2.40. The van der Waals surface area contributed by atoms with Crippen molar-refractivity contribution in [3.8, 4) is 0 Å². The second-order valence-corrected chi connectivity index (χ2v) is 6.72. The molecule has 3 rings (SSSR count). The van der Waals surface area contributed by atoms with Crippen molar-refractivity contribution in [2.75, 3.05) is 13.7 Å². The number of fused-ring (bicyclic) bond motifs is 1. The van der Waals surface area contributed by atoms with Crippen LogP contribution < -0.4 is 10.6 Å². The molecule has 0 spiro atoms. The first-order valence-electron chi connectivity index (χ1n) is 8.61. The van der Waals surface area contributed by atoms with Crippen LogP contribution in [0.5, 0.6) is 0 Å². The maximum Gasteiger partial charge on any atom is 0.337 e. The molecule has 1 saturated heterocycles. The van der Waals surface area contributed by atoms with Crippen molar-refractivity contribution in [2.45, 2.75) is 37.3 Å². The number of benzene rings is 1. The molecule has 1 aliphatic heterocycles. The maximum absolute atomic E-state index is 12.4. The van der Waals surface area contributed by atoms with Crippen molar-refractivity contribution in [3.63, 3.8) is 0 Å². The molecule has 0 saturated carbocycles. The number of carbonyl (C=O) groups is 2. The van der Waals surface area contributed by atoms with Crippen LogP contribution in [-0.4, -0.2) is 76.2 Å². The number of aliphatic hydroxyl groups is 3. The van der Waals surface area contributed by atoms with E-state index in [1.807, 2.05) is 0 Å². The lowest BCUT2D eigenvalue weighted by atomic mass is 9.91. The van der Waals surface area contributed by atoms with Crippen LogP contribution in [0, 0.1) is 0 Å². The molecule has 146 valence electrons. The second-order valence-electron chi connectivity index (χ2n) is 6.72. The average molecular weight is 377 g/mol. The molecular weight excluding hydrogens is 354 g/mol. The molecule has 2 heterocycles. The smallest absolute Gasteiger partial charge is 0.337 e. The zero-order chi connectivity index (χ0) is 19.7. The third-order valence-electron chi connectivity index (χ3n) is 4.87. The second kappa shape index (κ2) is 7.65. The third kappa shape index (κ3) is 3.81. The van der Waals surface area contributed by atoms with E-state index in [1.165, 1.54) is 7.11 Å². The van der Waals surface area contributed by atoms with Gasteiger partial charge in [-0.05, 0) is 31.2 Å². The van der Waals surface area contributed by atoms with Gasteiger partial charge in [-0.15, -0.1) is 0 Å². The van der Waals surface area contributed by atoms with E-state index in [0.29, 0.717) is 22.2 Å². The summed E-state index contributed by atoms with van der Waals surface area (Å²) in [7, 11) is 1.30. The van der Waals surface area contributed by atoms with Crippen LogP contribution in [0.4, 0.5) is 0 Å². The van der Waals surface area contributed by atoms with Gasteiger partial charge in [0.25, 0.3) is 5.91 Å². The first kappa shape index (κ1) is 19.3. The van der Waals surface area contributed by atoms with Crippen molar-refractivity contribution in [3.05, 3.63) is 35.5 Å². The Morgan fingerprint density at radius 3 is 2.59 bits per heavy atom. The highest BCUT2D eigenvalue weighted by molar-refractivity contribution is 6.00. The lowest BCUT2D eigenvalue weighted by molar-refractivity contribution is -0.109. The quantitative estimate of drug-likeness (QED) is 0.380. The molecule has 1 aromatic carbocycles. The molecule has 2 aromatic rings. The number of hydrogen-bond acceptors (Lipinski definition) is 7. The maximum atomic E-state index is 12.4. The van der Waals surface area contributed by atoms with Gasteiger partial charge in [0.15, 0.2) is 0 Å². The van der Waals surface area contributed by atoms with E-state index < -0.39 is 42.3 Å². The van der Waals surface area contributed by atoms with Gasteiger partial charge in [-0.2, -0.15) is 0 Å². The zero-order valence-corrected chi connectivity index (χ0v) is 15.0. The minimum atomic E-state index is -1.28. The molecule has 0 bridgehead atoms. The predicted octanol–water partition coefficient (Wildman–Crippen LogP) is -0.873. The first-order valence-corrected chi connectivity index (χ1v) is 8.61. The van der Waals surface area contributed by atoms with Crippen LogP contribution >= 0.6 is 0 Å². The van der Waals surface area contributed by atoms with E-state index in [0.717, 1.165) is 0 Å². The number of methoxy groups -OCH3 is 1. The Bertz CT molecular complexity index is 851. The van der Waals surface area contributed by atoms with Crippen LogP contribution in [0.1, 0.15) is 27.8 Å². The summed E-state index contributed by atoms with van der Waals surface area (Å²) in [5.74, 6) is -0.857. The lowest BCUT2D eigenvalue weighted by Gasteiger charge is -2.40. The molecule has 0 unspecified atom stereocenters. The number of aromatic nitrogens is 1. The number of nitrogens with one attached hydrogen (secondary N) is 3. The van der Waals surface area contributed by atoms with Gasteiger partial charge in [-0.1, -0.05) is 0 Å². The van der Waals surface area contributed by atoms with Crippen molar-refractivity contribution >= 4 is 22.8 Å². The number of aromatic amines is 1. The Labute approximate surface area is 155 Å². The number of carbonyl (C=O) groups excluding carboxylic acids is 2. The standard InChI is InChI=1S/C18H23N3O6/c1-8-14(22)16(24)15(23)13(20-8)7-19-17(25)12-6-10-5-9(18(26)27-2)3-4-11(10)21-12/h3-6,8,13-16,20-24H,7H2,1-2H3,(H,19,25)/t8-,13+,14+,15+,16+/m0/s1. The van der Waals surface area contributed by atoms with Crippen LogP contribution in [0.2, 0.25) is 0 Å². The molecule has 0 radical (unpaired) electrons. The highest BCUT2D eigenvalue weighted by atomic mass is 16.5. The SMILES string of the molecule is COC(=O)c1ccc2[nH]c(C(=O)NC[C@H]3N[C@@H](C)[C@@H](O)[C@@H](O)[C@@H]3O)cc2c1. The summed E-state index contributed by atoms with van der Waals surface area (Å²) in [5.41, 5.74) is 1.37. The molecule has 0 aliphatic carbocycles. The van der Waals surface area contributed by atoms with Gasteiger partial charge in [0.2, 0.25) is 0 Å². The highest BCUT2D eigenvalue weighted by Crippen LogP contribution is 2.18. The molecule has 5 atom stereocenters. The molecular formula is C18H23N3O6. The normalized spacial score (nSPS) is 28.1. The number of hydrogen-bond donors (Lipinski definition) is 6. The number of piperidine rings is 1. The molecule has 1 amide bonds. The van der Waals surface area contributed by atoms with Gasteiger partial charge in [0.05, 0.1) is 30.9 Å². The molecule has 9 nitrogen and oxygen atoms in total. The van der Waals surface area contributed by atoms with Crippen molar-refractivity contribution in [1.29, 1.82) is 0 Å². The van der Waals surface area contributed by atoms with Crippen LogP contribution in [0.25, 0.3) is 10.9 Å². The Morgan fingerprint density at radius 2 is 1.89 bits per heavy atom. The fraction of sp³-hybridized carbons (Fsp3) is 0.444. The van der Waals surface area contributed by atoms with E-state index in [1.54, 1.807) is 31.2 Å². The summed E-state index contributed by atoms with van der Waals surface area (Å²) in [6.45, 7) is 1.75. The van der Waals surface area contributed by atoms with Crippen LogP contribution in [-0.2, 0) is 4.74 Å². The van der Waals surface area contributed by atoms with E-state index in [2.05, 4.69) is 20.4 Å². The molecule has 9 heteroatoms. The Balaban J connectivity index is 1.68. The van der Waals surface area contributed by atoms with E-state index in [-0.39, 0.29) is 6.54 Å². The summed E-state index contributed by atoms with van der Waals surface area (Å²) in [4.78, 5) is 27.0. The Morgan fingerprint density at radius 1 is 1.15 bits per heavy atom. The minimum Gasteiger partial charge on any atom is -0.465 e. The average Bonchev–Trinajstić information content (AvgIpc) is 3.10. The number of H-pyrrole nitrogens is 1. The number of rotatable bonds is 4. The molecule has 1 aliphatic rings. The Kier molecular flexibility index (Phi) is 5.47. The number of ether oxygens (including phenoxy) is 1. The summed E-state index contributed by atoms with van der Waals surface area (Å²) in [5, 5.41) is 36.0. The van der Waals surface area contributed by atoms with Gasteiger partial charge in [0.1, 0.15) is 11.8 Å². The van der Waals surface area contributed by atoms with Gasteiger partial charge in [-0.3, -0.25) is 4.79 Å².